The van der Waals surface area contributed by atoms with E-state index < -0.39 is 18.0 Å². The van der Waals surface area contributed by atoms with Gasteiger partial charge in [0.05, 0.1) is 13.5 Å². The van der Waals surface area contributed by atoms with Crippen LogP contribution in [0.1, 0.15) is 17.2 Å². The zero-order chi connectivity index (χ0) is 15.9. The van der Waals surface area contributed by atoms with E-state index in [-0.39, 0.29) is 6.42 Å². The highest BCUT2D eigenvalue weighted by atomic mass is 16.5. The molecule has 22 heavy (non-hydrogen) atoms. The second-order valence-electron chi connectivity index (χ2n) is 4.71. The van der Waals surface area contributed by atoms with Crippen LogP contribution < -0.4 is 10.5 Å². The number of ether oxygens (including phenoxy) is 2. The second kappa shape index (κ2) is 7.26. The molecule has 2 aromatic rings. The van der Waals surface area contributed by atoms with Gasteiger partial charge in [-0.05, 0) is 17.7 Å². The summed E-state index contributed by atoms with van der Waals surface area (Å²) in [6.07, 6.45) is -1.02. The molecular weight excluding hydrogens is 282 g/mol. The van der Waals surface area contributed by atoms with Crippen LogP contribution in [-0.4, -0.2) is 19.0 Å². The minimum absolute atomic E-state index is 0.0562. The summed E-state index contributed by atoms with van der Waals surface area (Å²) in [5.74, 6) is -0.511. The number of nitrogens with two attached hydrogens (primary N) is 1. The maximum absolute atomic E-state index is 12.0. The lowest BCUT2D eigenvalue weighted by atomic mass is 10.1. The minimum atomic E-state index is -1.08. The summed E-state index contributed by atoms with van der Waals surface area (Å²) >= 11 is 0. The molecule has 1 atom stereocenters. The topological polar surface area (TPSA) is 78.6 Å². The third kappa shape index (κ3) is 4.09. The van der Waals surface area contributed by atoms with Gasteiger partial charge in [-0.15, -0.1) is 0 Å². The summed E-state index contributed by atoms with van der Waals surface area (Å²) in [5, 5.41) is 0. The van der Waals surface area contributed by atoms with Crippen molar-refractivity contribution in [1.82, 2.24) is 0 Å². The van der Waals surface area contributed by atoms with E-state index >= 15 is 0 Å². The van der Waals surface area contributed by atoms with Crippen molar-refractivity contribution in [2.75, 3.05) is 7.11 Å². The van der Waals surface area contributed by atoms with E-state index in [1.54, 1.807) is 61.7 Å². The van der Waals surface area contributed by atoms with Crippen LogP contribution in [0.3, 0.4) is 0 Å². The van der Waals surface area contributed by atoms with Gasteiger partial charge < -0.3 is 15.2 Å². The molecule has 0 fully saturated rings. The van der Waals surface area contributed by atoms with Crippen molar-refractivity contribution >= 4 is 11.9 Å². The molecule has 5 nitrogen and oxygen atoms in total. The van der Waals surface area contributed by atoms with Crippen LogP contribution in [0.4, 0.5) is 0 Å². The van der Waals surface area contributed by atoms with E-state index in [0.717, 1.165) is 5.56 Å². The molecule has 114 valence electrons. The third-order valence-electron chi connectivity index (χ3n) is 3.12. The van der Waals surface area contributed by atoms with Gasteiger partial charge in [0, 0.05) is 5.56 Å². The van der Waals surface area contributed by atoms with Crippen LogP contribution >= 0.6 is 0 Å². The first-order valence-electron chi connectivity index (χ1n) is 6.77. The lowest BCUT2D eigenvalue weighted by Crippen LogP contribution is -2.26. The fourth-order valence-corrected chi connectivity index (χ4v) is 2.00. The first kappa shape index (κ1) is 15.6. The summed E-state index contributed by atoms with van der Waals surface area (Å²) in [5.41, 5.74) is 6.64. The smallest absolute Gasteiger partial charge is 0.311 e. The van der Waals surface area contributed by atoms with Gasteiger partial charge in [-0.1, -0.05) is 42.5 Å². The Morgan fingerprint density at radius 2 is 1.68 bits per heavy atom. The van der Waals surface area contributed by atoms with E-state index in [0.29, 0.717) is 11.3 Å². The Labute approximate surface area is 128 Å². The standard InChI is InChI=1S/C17H17NO4/c1-21-14-9-7-12(8-10-14)11-15(19)22-16(17(18)20)13-5-3-2-4-6-13/h2-10,16H,11H2,1H3,(H2,18,20). The Morgan fingerprint density at radius 3 is 2.23 bits per heavy atom. The van der Waals surface area contributed by atoms with Crippen molar-refractivity contribution < 1.29 is 19.1 Å². The Kier molecular flexibility index (Phi) is 5.14. The maximum atomic E-state index is 12.0. The number of benzene rings is 2. The van der Waals surface area contributed by atoms with E-state index in [9.17, 15) is 9.59 Å². The molecule has 0 spiro atoms. The minimum Gasteiger partial charge on any atom is -0.497 e. The monoisotopic (exact) mass is 299 g/mol. The third-order valence-corrected chi connectivity index (χ3v) is 3.12. The number of primary amides is 1. The van der Waals surface area contributed by atoms with Gasteiger partial charge in [0.15, 0.2) is 0 Å². The van der Waals surface area contributed by atoms with E-state index in [2.05, 4.69) is 0 Å². The SMILES string of the molecule is COc1ccc(CC(=O)OC(C(N)=O)c2ccccc2)cc1. The molecule has 0 saturated carbocycles. The Morgan fingerprint density at radius 1 is 1.05 bits per heavy atom. The average Bonchev–Trinajstić information content (AvgIpc) is 2.54. The molecule has 0 aliphatic rings. The highest BCUT2D eigenvalue weighted by Crippen LogP contribution is 2.18. The predicted molar refractivity (Wildman–Crippen MR) is 81.2 cm³/mol. The molecule has 0 aliphatic heterocycles. The van der Waals surface area contributed by atoms with E-state index in [1.165, 1.54) is 0 Å². The largest absolute Gasteiger partial charge is 0.497 e. The van der Waals surface area contributed by atoms with Gasteiger partial charge >= 0.3 is 5.97 Å². The molecule has 0 radical (unpaired) electrons. The van der Waals surface area contributed by atoms with Crippen LogP contribution in [-0.2, 0) is 20.7 Å². The zero-order valence-electron chi connectivity index (χ0n) is 12.2. The van der Waals surface area contributed by atoms with Crippen LogP contribution in [0.25, 0.3) is 0 Å². The number of carbonyl (C=O) groups excluding carboxylic acids is 2. The van der Waals surface area contributed by atoms with E-state index in [4.69, 9.17) is 15.2 Å². The van der Waals surface area contributed by atoms with Crippen LogP contribution in [0, 0.1) is 0 Å². The molecule has 5 heteroatoms. The zero-order valence-corrected chi connectivity index (χ0v) is 12.2. The number of hydrogen-bond acceptors (Lipinski definition) is 4. The molecule has 0 aliphatic carbocycles. The van der Waals surface area contributed by atoms with Gasteiger partial charge in [0.1, 0.15) is 5.75 Å². The molecule has 1 unspecified atom stereocenters. The van der Waals surface area contributed by atoms with Crippen molar-refractivity contribution in [3.8, 4) is 5.75 Å². The van der Waals surface area contributed by atoms with Crippen LogP contribution in [0.2, 0.25) is 0 Å². The van der Waals surface area contributed by atoms with Crippen molar-refractivity contribution in [2.45, 2.75) is 12.5 Å². The molecule has 0 saturated heterocycles. The molecular formula is C17H17NO4. The first-order chi connectivity index (χ1) is 10.6. The van der Waals surface area contributed by atoms with Gasteiger partial charge in [0.25, 0.3) is 5.91 Å². The second-order valence-corrected chi connectivity index (χ2v) is 4.71. The van der Waals surface area contributed by atoms with Gasteiger partial charge in [-0.2, -0.15) is 0 Å². The molecule has 0 aromatic heterocycles. The van der Waals surface area contributed by atoms with Gasteiger partial charge in [0.2, 0.25) is 6.10 Å². The lowest BCUT2D eigenvalue weighted by Gasteiger charge is -2.15. The van der Waals surface area contributed by atoms with Gasteiger partial charge in [-0.3, -0.25) is 9.59 Å². The van der Waals surface area contributed by atoms with Gasteiger partial charge in [-0.25, -0.2) is 0 Å². The fourth-order valence-electron chi connectivity index (χ4n) is 2.00. The summed E-state index contributed by atoms with van der Waals surface area (Å²) in [7, 11) is 1.57. The lowest BCUT2D eigenvalue weighted by molar-refractivity contribution is -0.154. The number of hydrogen-bond donors (Lipinski definition) is 1. The van der Waals surface area contributed by atoms with E-state index in [1.807, 2.05) is 0 Å². The molecule has 2 N–H and O–H groups in total. The number of amides is 1. The highest BCUT2D eigenvalue weighted by Gasteiger charge is 2.22. The quantitative estimate of drug-likeness (QED) is 0.828. The summed E-state index contributed by atoms with van der Waals surface area (Å²) in [4.78, 5) is 23.5. The Hall–Kier alpha value is -2.82. The number of carbonyl (C=O) groups is 2. The van der Waals surface area contributed by atoms with Crippen molar-refractivity contribution in [1.29, 1.82) is 0 Å². The van der Waals surface area contributed by atoms with Crippen LogP contribution in [0.15, 0.2) is 54.6 Å². The molecule has 2 rings (SSSR count). The van der Waals surface area contributed by atoms with Crippen molar-refractivity contribution in [3.05, 3.63) is 65.7 Å². The summed E-state index contributed by atoms with van der Waals surface area (Å²) in [6, 6.07) is 15.7. The highest BCUT2D eigenvalue weighted by molar-refractivity contribution is 5.84. The summed E-state index contributed by atoms with van der Waals surface area (Å²) in [6.45, 7) is 0. The number of esters is 1. The Bertz CT molecular complexity index is 637. The van der Waals surface area contributed by atoms with Crippen LogP contribution in [0.5, 0.6) is 5.75 Å². The molecule has 1 amide bonds. The average molecular weight is 299 g/mol. The maximum Gasteiger partial charge on any atom is 0.311 e. The molecule has 2 aromatic carbocycles. The fraction of sp³-hybridized carbons (Fsp3) is 0.176. The summed E-state index contributed by atoms with van der Waals surface area (Å²) < 4.78 is 10.3. The first-order valence-corrected chi connectivity index (χ1v) is 6.77. The number of methoxy groups -OCH3 is 1. The molecule has 0 bridgehead atoms. The van der Waals surface area contributed by atoms with Crippen molar-refractivity contribution in [3.63, 3.8) is 0 Å². The molecule has 0 heterocycles. The normalized spacial score (nSPS) is 11.5. The van der Waals surface area contributed by atoms with Crippen molar-refractivity contribution in [2.24, 2.45) is 5.73 Å². The Balaban J connectivity index is 2.03. The number of rotatable bonds is 6. The predicted octanol–water partition coefficient (Wildman–Crippen LogP) is 2.01.